The summed E-state index contributed by atoms with van der Waals surface area (Å²) >= 11 is 0. The fourth-order valence-electron chi connectivity index (χ4n) is 3.69. The van der Waals surface area contributed by atoms with Gasteiger partial charge in [-0.25, -0.2) is 8.42 Å². The topological polar surface area (TPSA) is 84.9 Å². The summed E-state index contributed by atoms with van der Waals surface area (Å²) in [6, 6.07) is 13.8. The van der Waals surface area contributed by atoms with Gasteiger partial charge >= 0.3 is 0 Å². The van der Waals surface area contributed by atoms with Gasteiger partial charge in [0.15, 0.2) is 4.75 Å². The molecule has 2 fully saturated rings. The van der Waals surface area contributed by atoms with Gasteiger partial charge in [0, 0.05) is 18.5 Å². The maximum atomic E-state index is 13.2. The summed E-state index contributed by atoms with van der Waals surface area (Å²) in [5, 5.41) is 2.74. The van der Waals surface area contributed by atoms with E-state index in [4.69, 9.17) is 9.47 Å². The highest BCUT2D eigenvalue weighted by Crippen LogP contribution is 2.58. The second kappa shape index (κ2) is 6.16. The van der Waals surface area contributed by atoms with Gasteiger partial charge in [0.2, 0.25) is 15.9 Å². The van der Waals surface area contributed by atoms with Crippen LogP contribution in [0.25, 0.3) is 0 Å². The molecular weight excluding hydrogens is 368 g/mol. The number of amides is 1. The van der Waals surface area contributed by atoms with Crippen molar-refractivity contribution >= 4 is 27.3 Å². The standard InChI is InChI=1S/C19H20N2O5S/c1-25-15-8-9-16(17(10-15)26-2)20-18(22)19-11-13(19)12-21(27(19,23)24)14-6-4-3-5-7-14/h3-10,13H,11-12H2,1-2H3,(H,20,22)/t13-,19-/m1/s1. The molecule has 1 aliphatic carbocycles. The molecule has 1 saturated heterocycles. The number of nitrogens with one attached hydrogen (secondary N) is 1. The average molecular weight is 388 g/mol. The molecule has 2 aromatic rings. The summed E-state index contributed by atoms with van der Waals surface area (Å²) < 4.78 is 36.7. The van der Waals surface area contributed by atoms with E-state index in [1.165, 1.54) is 18.5 Å². The van der Waals surface area contributed by atoms with Crippen LogP contribution in [-0.2, 0) is 14.8 Å². The van der Waals surface area contributed by atoms with Gasteiger partial charge in [0.25, 0.3) is 0 Å². The lowest BCUT2D eigenvalue weighted by molar-refractivity contribution is -0.116. The third-order valence-electron chi connectivity index (χ3n) is 5.27. The maximum Gasteiger partial charge on any atom is 0.250 e. The van der Waals surface area contributed by atoms with Gasteiger partial charge in [-0.2, -0.15) is 0 Å². The van der Waals surface area contributed by atoms with E-state index in [2.05, 4.69) is 5.32 Å². The minimum atomic E-state index is -3.80. The van der Waals surface area contributed by atoms with E-state index < -0.39 is 20.7 Å². The zero-order valence-electron chi connectivity index (χ0n) is 15.0. The molecule has 2 atom stereocenters. The molecule has 1 saturated carbocycles. The number of benzene rings is 2. The number of hydrogen-bond donors (Lipinski definition) is 1. The Kier molecular flexibility index (Phi) is 4.03. The summed E-state index contributed by atoms with van der Waals surface area (Å²) in [5.41, 5.74) is 0.996. The number of carbonyl (C=O) groups excluding carboxylic acids is 1. The molecule has 8 heteroatoms. The molecule has 0 aromatic heterocycles. The van der Waals surface area contributed by atoms with Gasteiger partial charge in [-0.05, 0) is 30.7 Å². The lowest BCUT2D eigenvalue weighted by atomic mass is 10.2. The molecule has 0 radical (unpaired) electrons. The van der Waals surface area contributed by atoms with E-state index in [1.807, 2.05) is 6.07 Å². The summed E-state index contributed by atoms with van der Waals surface area (Å²) in [4.78, 5) is 13.0. The van der Waals surface area contributed by atoms with Crippen molar-refractivity contribution in [2.24, 2.45) is 5.92 Å². The second-order valence-electron chi connectivity index (χ2n) is 6.68. The third-order valence-corrected chi connectivity index (χ3v) is 7.82. The molecule has 2 aromatic carbocycles. The molecule has 1 N–H and O–H groups in total. The lowest BCUT2D eigenvalue weighted by Gasteiger charge is -2.23. The molecule has 7 nitrogen and oxygen atoms in total. The van der Waals surface area contributed by atoms with Crippen molar-refractivity contribution in [3.63, 3.8) is 0 Å². The largest absolute Gasteiger partial charge is 0.497 e. The number of hydrogen-bond acceptors (Lipinski definition) is 5. The van der Waals surface area contributed by atoms with E-state index in [9.17, 15) is 13.2 Å². The number of ether oxygens (including phenoxy) is 2. The molecule has 0 bridgehead atoms. The van der Waals surface area contributed by atoms with Crippen LogP contribution in [0.1, 0.15) is 6.42 Å². The van der Waals surface area contributed by atoms with Crippen molar-refractivity contribution in [3.05, 3.63) is 48.5 Å². The third kappa shape index (κ3) is 2.55. The van der Waals surface area contributed by atoms with Crippen LogP contribution in [0.4, 0.5) is 11.4 Å². The van der Waals surface area contributed by atoms with Crippen LogP contribution in [-0.4, -0.2) is 39.8 Å². The second-order valence-corrected chi connectivity index (χ2v) is 8.80. The molecule has 2 aliphatic rings. The van der Waals surface area contributed by atoms with Crippen molar-refractivity contribution in [2.75, 3.05) is 30.4 Å². The Morgan fingerprint density at radius 3 is 2.56 bits per heavy atom. The molecule has 0 unspecified atom stereocenters. The first-order chi connectivity index (χ1) is 12.9. The highest BCUT2D eigenvalue weighted by molar-refractivity contribution is 7.95. The number of nitrogens with zero attached hydrogens (tertiary/aromatic N) is 1. The Labute approximate surface area is 157 Å². The van der Waals surface area contributed by atoms with Gasteiger partial charge in [-0.3, -0.25) is 9.10 Å². The van der Waals surface area contributed by atoms with Crippen molar-refractivity contribution in [3.8, 4) is 11.5 Å². The monoisotopic (exact) mass is 388 g/mol. The SMILES string of the molecule is COc1ccc(NC(=O)[C@@]23C[C@@H]2CN(c2ccccc2)S3(=O)=O)c(OC)c1. The van der Waals surface area contributed by atoms with E-state index in [0.717, 1.165) is 0 Å². The molecule has 27 heavy (non-hydrogen) atoms. The first-order valence-electron chi connectivity index (χ1n) is 8.55. The van der Waals surface area contributed by atoms with Crippen LogP contribution in [0.3, 0.4) is 0 Å². The van der Waals surface area contributed by atoms with Gasteiger partial charge in [-0.15, -0.1) is 0 Å². The van der Waals surface area contributed by atoms with Crippen LogP contribution in [0.15, 0.2) is 48.5 Å². The highest BCUT2D eigenvalue weighted by Gasteiger charge is 2.75. The van der Waals surface area contributed by atoms with Gasteiger partial charge < -0.3 is 14.8 Å². The highest BCUT2D eigenvalue weighted by atomic mass is 32.2. The minimum absolute atomic E-state index is 0.216. The Balaban J connectivity index is 1.62. The zero-order valence-corrected chi connectivity index (χ0v) is 15.8. The van der Waals surface area contributed by atoms with Gasteiger partial charge in [0.1, 0.15) is 11.5 Å². The fraction of sp³-hybridized carbons (Fsp3) is 0.316. The predicted octanol–water partition coefficient (Wildman–Crippen LogP) is 2.25. The molecule has 142 valence electrons. The number of sulfonamides is 1. The first-order valence-corrected chi connectivity index (χ1v) is 9.99. The summed E-state index contributed by atoms with van der Waals surface area (Å²) in [5.74, 6) is 0.254. The maximum absolute atomic E-state index is 13.2. The number of para-hydroxylation sites is 1. The van der Waals surface area contributed by atoms with Gasteiger partial charge in [-0.1, -0.05) is 18.2 Å². The van der Waals surface area contributed by atoms with Crippen molar-refractivity contribution in [1.29, 1.82) is 0 Å². The summed E-state index contributed by atoms with van der Waals surface area (Å²) in [7, 11) is -0.792. The van der Waals surface area contributed by atoms with Crippen molar-refractivity contribution < 1.29 is 22.7 Å². The number of anilines is 2. The molecule has 1 aliphatic heterocycles. The van der Waals surface area contributed by atoms with Gasteiger partial charge in [0.05, 0.1) is 25.6 Å². The van der Waals surface area contributed by atoms with Crippen LogP contribution in [0.5, 0.6) is 11.5 Å². The molecule has 1 heterocycles. The molecule has 0 spiro atoms. The van der Waals surface area contributed by atoms with E-state index in [0.29, 0.717) is 35.8 Å². The summed E-state index contributed by atoms with van der Waals surface area (Å²) in [6.07, 6.45) is 0.336. The molecular formula is C19H20N2O5S. The smallest absolute Gasteiger partial charge is 0.250 e. The van der Waals surface area contributed by atoms with Crippen LogP contribution < -0.4 is 19.1 Å². The van der Waals surface area contributed by atoms with E-state index in [-0.39, 0.29) is 5.92 Å². The Hall–Kier alpha value is -2.74. The Morgan fingerprint density at radius 2 is 1.89 bits per heavy atom. The fourth-order valence-corrected chi connectivity index (χ4v) is 6.06. The first kappa shape index (κ1) is 17.7. The van der Waals surface area contributed by atoms with E-state index in [1.54, 1.807) is 42.5 Å². The quantitative estimate of drug-likeness (QED) is 0.849. The molecule has 1 amide bonds. The number of fused-ring (bicyclic) bond motifs is 1. The van der Waals surface area contributed by atoms with Crippen LogP contribution in [0, 0.1) is 5.92 Å². The minimum Gasteiger partial charge on any atom is -0.497 e. The van der Waals surface area contributed by atoms with E-state index >= 15 is 0 Å². The summed E-state index contributed by atoms with van der Waals surface area (Å²) in [6.45, 7) is 0.319. The number of methoxy groups -OCH3 is 2. The average Bonchev–Trinajstić information content (AvgIpc) is 3.38. The zero-order chi connectivity index (χ0) is 19.2. The number of carbonyl (C=O) groups is 1. The Bertz CT molecular complexity index is 992. The number of rotatable bonds is 5. The lowest BCUT2D eigenvalue weighted by Crippen LogP contribution is -2.42. The van der Waals surface area contributed by atoms with Crippen LogP contribution >= 0.6 is 0 Å². The molecule has 4 rings (SSSR count). The Morgan fingerprint density at radius 1 is 1.15 bits per heavy atom. The normalized spacial score (nSPS) is 24.8. The van der Waals surface area contributed by atoms with Crippen LogP contribution in [0.2, 0.25) is 0 Å². The predicted molar refractivity (Wildman–Crippen MR) is 102 cm³/mol. The van der Waals surface area contributed by atoms with Crippen molar-refractivity contribution in [2.45, 2.75) is 11.2 Å². The van der Waals surface area contributed by atoms with Crippen molar-refractivity contribution in [1.82, 2.24) is 0 Å².